The van der Waals surface area contributed by atoms with Crippen molar-refractivity contribution in [2.75, 3.05) is 13.1 Å². The van der Waals surface area contributed by atoms with Crippen molar-refractivity contribution >= 4 is 12.0 Å². The zero-order valence-corrected chi connectivity index (χ0v) is 9.63. The van der Waals surface area contributed by atoms with Gasteiger partial charge in [0.2, 0.25) is 0 Å². The van der Waals surface area contributed by atoms with Crippen LogP contribution in [0.5, 0.6) is 0 Å². The van der Waals surface area contributed by atoms with Gasteiger partial charge in [0.1, 0.15) is 0 Å². The molecular weight excluding hydrogens is 224 g/mol. The third-order valence-corrected chi connectivity index (χ3v) is 3.35. The van der Waals surface area contributed by atoms with Crippen molar-refractivity contribution < 1.29 is 19.8 Å². The van der Waals surface area contributed by atoms with Crippen LogP contribution < -0.4 is 5.32 Å². The van der Waals surface area contributed by atoms with Gasteiger partial charge in [0.25, 0.3) is 0 Å². The highest BCUT2D eigenvalue weighted by Gasteiger charge is 2.35. The van der Waals surface area contributed by atoms with Crippen LogP contribution in [0.25, 0.3) is 0 Å². The third-order valence-electron chi connectivity index (χ3n) is 3.35. The van der Waals surface area contributed by atoms with E-state index in [1.54, 1.807) is 4.90 Å². The molecule has 2 aliphatic rings. The van der Waals surface area contributed by atoms with Gasteiger partial charge in [-0.1, -0.05) is 0 Å². The van der Waals surface area contributed by atoms with E-state index in [4.69, 9.17) is 5.11 Å². The second-order valence-electron chi connectivity index (χ2n) is 4.88. The van der Waals surface area contributed by atoms with Gasteiger partial charge < -0.3 is 20.4 Å². The van der Waals surface area contributed by atoms with E-state index < -0.39 is 12.1 Å². The maximum Gasteiger partial charge on any atom is 0.317 e. The molecule has 1 saturated carbocycles. The van der Waals surface area contributed by atoms with Gasteiger partial charge in [-0.15, -0.1) is 0 Å². The smallest absolute Gasteiger partial charge is 0.317 e. The van der Waals surface area contributed by atoms with Gasteiger partial charge in [0.05, 0.1) is 12.5 Å². The Kier molecular flexibility index (Phi) is 3.51. The second-order valence-corrected chi connectivity index (χ2v) is 4.88. The lowest BCUT2D eigenvalue weighted by Gasteiger charge is -2.22. The molecule has 0 spiro atoms. The summed E-state index contributed by atoms with van der Waals surface area (Å²) >= 11 is 0. The van der Waals surface area contributed by atoms with Gasteiger partial charge in [-0.25, -0.2) is 4.79 Å². The predicted octanol–water partition coefficient (Wildman–Crippen LogP) is 0.0159. The number of carboxylic acids is 1. The van der Waals surface area contributed by atoms with Crippen molar-refractivity contribution in [2.24, 2.45) is 5.92 Å². The van der Waals surface area contributed by atoms with Gasteiger partial charge in [0.15, 0.2) is 0 Å². The minimum absolute atomic E-state index is 0.0210. The van der Waals surface area contributed by atoms with E-state index >= 15 is 0 Å². The molecule has 0 aromatic carbocycles. The Bertz CT molecular complexity index is 317. The Balaban J connectivity index is 1.84. The summed E-state index contributed by atoms with van der Waals surface area (Å²) in [5.41, 5.74) is 0. The number of carboxylic acid groups (broad SMARTS) is 1. The number of hydrogen-bond acceptors (Lipinski definition) is 3. The van der Waals surface area contributed by atoms with Crippen LogP contribution in [0.4, 0.5) is 4.79 Å². The van der Waals surface area contributed by atoms with Crippen LogP contribution in [0.15, 0.2) is 0 Å². The quantitative estimate of drug-likeness (QED) is 0.648. The molecule has 17 heavy (non-hydrogen) atoms. The number of urea groups is 1. The summed E-state index contributed by atoms with van der Waals surface area (Å²) in [6, 6.07) is -0.516. The molecule has 0 radical (unpaired) electrons. The van der Waals surface area contributed by atoms with E-state index in [0.29, 0.717) is 25.4 Å². The molecule has 3 N–H and O–H groups in total. The van der Waals surface area contributed by atoms with Gasteiger partial charge in [-0.05, 0) is 25.2 Å². The van der Waals surface area contributed by atoms with Gasteiger partial charge in [-0.3, -0.25) is 4.79 Å². The fraction of sp³-hybridized carbons (Fsp3) is 0.818. The van der Waals surface area contributed by atoms with Crippen molar-refractivity contribution in [1.82, 2.24) is 10.2 Å². The molecule has 1 aliphatic heterocycles. The molecule has 2 rings (SSSR count). The number of likely N-dealkylation sites (tertiary alicyclic amines) is 1. The van der Waals surface area contributed by atoms with Crippen LogP contribution in [0, 0.1) is 5.92 Å². The van der Waals surface area contributed by atoms with Crippen molar-refractivity contribution in [3.63, 3.8) is 0 Å². The Labute approximate surface area is 99.6 Å². The first-order valence-corrected chi connectivity index (χ1v) is 6.01. The van der Waals surface area contributed by atoms with E-state index in [0.717, 1.165) is 12.8 Å². The lowest BCUT2D eigenvalue weighted by Crippen LogP contribution is -2.45. The number of aliphatic hydroxyl groups excluding tert-OH is 1. The maximum absolute atomic E-state index is 11.8. The number of carbonyl (C=O) groups is 2. The van der Waals surface area contributed by atoms with Gasteiger partial charge in [-0.2, -0.15) is 0 Å². The number of nitrogens with one attached hydrogen (secondary N) is 1. The predicted molar refractivity (Wildman–Crippen MR) is 59.5 cm³/mol. The normalized spacial score (nSPS) is 25.7. The molecule has 2 unspecified atom stereocenters. The number of rotatable bonds is 4. The molecule has 0 aromatic heterocycles. The van der Waals surface area contributed by atoms with Crippen LogP contribution in [0.3, 0.4) is 0 Å². The number of carbonyl (C=O) groups excluding carboxylic acids is 1. The average Bonchev–Trinajstić information content (AvgIpc) is 2.99. The summed E-state index contributed by atoms with van der Waals surface area (Å²) < 4.78 is 0. The maximum atomic E-state index is 11.8. The fourth-order valence-electron chi connectivity index (χ4n) is 2.20. The summed E-state index contributed by atoms with van der Waals surface area (Å²) in [6.45, 7) is 0.883. The molecule has 1 saturated heterocycles. The average molecular weight is 242 g/mol. The molecule has 6 heteroatoms. The van der Waals surface area contributed by atoms with E-state index in [1.807, 2.05) is 0 Å². The highest BCUT2D eigenvalue weighted by Crippen LogP contribution is 2.34. The van der Waals surface area contributed by atoms with Crippen LogP contribution >= 0.6 is 0 Å². The molecule has 0 bridgehead atoms. The van der Waals surface area contributed by atoms with Crippen LogP contribution in [0.1, 0.15) is 25.7 Å². The van der Waals surface area contributed by atoms with Gasteiger partial charge in [0, 0.05) is 19.1 Å². The molecule has 1 aliphatic carbocycles. The van der Waals surface area contributed by atoms with E-state index in [1.165, 1.54) is 0 Å². The number of aliphatic carboxylic acids is 1. The minimum Gasteiger partial charge on any atom is -0.481 e. The molecule has 6 nitrogen and oxygen atoms in total. The first-order chi connectivity index (χ1) is 8.06. The Hall–Kier alpha value is -1.30. The van der Waals surface area contributed by atoms with Crippen molar-refractivity contribution in [1.29, 1.82) is 0 Å². The molecular formula is C11H18N2O4. The largest absolute Gasteiger partial charge is 0.481 e. The summed E-state index contributed by atoms with van der Waals surface area (Å²) in [5, 5.41) is 20.9. The number of amides is 2. The number of aliphatic hydroxyl groups is 1. The minimum atomic E-state index is -0.886. The summed E-state index contributed by atoms with van der Waals surface area (Å²) in [4.78, 5) is 24.1. The molecule has 2 atom stereocenters. The molecule has 2 fully saturated rings. The van der Waals surface area contributed by atoms with E-state index in [2.05, 4.69) is 5.32 Å². The Morgan fingerprint density at radius 1 is 1.35 bits per heavy atom. The lowest BCUT2D eigenvalue weighted by molar-refractivity contribution is -0.137. The molecule has 0 aromatic rings. The van der Waals surface area contributed by atoms with Crippen LogP contribution in [-0.4, -0.2) is 52.3 Å². The van der Waals surface area contributed by atoms with E-state index in [9.17, 15) is 14.7 Å². The SMILES string of the molecule is O=C(O)CC(NC(=O)N1CCC(O)C1)C1CC1. The van der Waals surface area contributed by atoms with Crippen LogP contribution in [-0.2, 0) is 4.79 Å². The van der Waals surface area contributed by atoms with Gasteiger partial charge >= 0.3 is 12.0 Å². The van der Waals surface area contributed by atoms with Crippen LogP contribution in [0.2, 0.25) is 0 Å². The highest BCUT2D eigenvalue weighted by atomic mass is 16.4. The summed E-state index contributed by atoms with van der Waals surface area (Å²) in [5.74, 6) is -0.578. The first-order valence-electron chi connectivity index (χ1n) is 6.01. The topological polar surface area (TPSA) is 89.9 Å². The van der Waals surface area contributed by atoms with Crippen molar-refractivity contribution in [3.8, 4) is 0 Å². The van der Waals surface area contributed by atoms with Crippen molar-refractivity contribution in [2.45, 2.75) is 37.8 Å². The molecule has 96 valence electrons. The zero-order valence-electron chi connectivity index (χ0n) is 9.63. The Morgan fingerprint density at radius 2 is 2.06 bits per heavy atom. The monoisotopic (exact) mass is 242 g/mol. The number of hydrogen-bond donors (Lipinski definition) is 3. The zero-order chi connectivity index (χ0) is 12.4. The molecule has 2 amide bonds. The molecule has 1 heterocycles. The first kappa shape index (κ1) is 12.2. The van der Waals surface area contributed by atoms with Crippen molar-refractivity contribution in [3.05, 3.63) is 0 Å². The summed E-state index contributed by atoms with van der Waals surface area (Å²) in [6.07, 6.45) is 2.11. The lowest BCUT2D eigenvalue weighted by atomic mass is 10.1. The standard InChI is InChI=1S/C11H18N2O4/c14-8-3-4-13(6-8)11(17)12-9(5-10(15)16)7-1-2-7/h7-9,14H,1-6H2,(H,12,17)(H,15,16). The van der Waals surface area contributed by atoms with E-state index in [-0.39, 0.29) is 18.5 Å². The highest BCUT2D eigenvalue weighted by molar-refractivity contribution is 5.76. The number of nitrogens with zero attached hydrogens (tertiary/aromatic N) is 1. The Morgan fingerprint density at radius 3 is 2.53 bits per heavy atom. The third kappa shape index (κ3) is 3.33. The summed E-state index contributed by atoms with van der Waals surface area (Å²) in [7, 11) is 0. The number of β-amino-alcohol motifs (C(OH)–C–C–N with tert-alkyl or cyclic N) is 1. The second kappa shape index (κ2) is 4.91. The fourth-order valence-corrected chi connectivity index (χ4v) is 2.20.